The Labute approximate surface area is 98.5 Å². The summed E-state index contributed by atoms with van der Waals surface area (Å²) in [5, 5.41) is 2.32. The third-order valence-corrected chi connectivity index (χ3v) is 2.41. The van der Waals surface area contributed by atoms with E-state index in [1.165, 1.54) is 0 Å². The highest BCUT2D eigenvalue weighted by atomic mass is 32.1. The van der Waals surface area contributed by atoms with Gasteiger partial charge >= 0.3 is 0 Å². The van der Waals surface area contributed by atoms with Crippen LogP contribution in [0.2, 0.25) is 0 Å². The van der Waals surface area contributed by atoms with Gasteiger partial charge in [-0.2, -0.15) is 0 Å². The van der Waals surface area contributed by atoms with Crippen molar-refractivity contribution >= 4 is 29.0 Å². The average molecular weight is 236 g/mol. The van der Waals surface area contributed by atoms with E-state index in [9.17, 15) is 4.79 Å². The number of hydrogen-bond donors (Lipinski definition) is 2. The zero-order valence-electron chi connectivity index (χ0n) is 8.86. The Morgan fingerprint density at radius 2 is 2.38 bits per heavy atom. The summed E-state index contributed by atoms with van der Waals surface area (Å²) in [6.45, 7) is 2.39. The molecule has 1 amide bonds. The van der Waals surface area contributed by atoms with Gasteiger partial charge in [0.2, 0.25) is 0 Å². The predicted octanol–water partition coefficient (Wildman–Crippen LogP) is 2.32. The second-order valence-corrected chi connectivity index (χ2v) is 3.92. The first-order valence-electron chi connectivity index (χ1n) is 4.98. The molecule has 2 rings (SSSR count). The van der Waals surface area contributed by atoms with Crippen LogP contribution in [0.4, 0.5) is 4.79 Å². The molecule has 4 nitrogen and oxygen atoms in total. The summed E-state index contributed by atoms with van der Waals surface area (Å²) in [5.41, 5.74) is 2.76. The van der Waals surface area contributed by atoms with Crippen LogP contribution in [0, 0.1) is 6.92 Å². The third-order valence-electron chi connectivity index (χ3n) is 2.25. The molecule has 0 spiro atoms. The van der Waals surface area contributed by atoms with E-state index in [1.807, 2.05) is 25.1 Å². The van der Waals surface area contributed by atoms with Crippen molar-refractivity contribution < 1.29 is 9.21 Å². The molecule has 84 valence electrons. The smallest absolute Gasteiger partial charge is 0.275 e. The number of nitrogens with zero attached hydrogens (tertiary/aromatic N) is 1. The number of thiol groups is 1. The van der Waals surface area contributed by atoms with E-state index in [1.54, 1.807) is 0 Å². The maximum atomic E-state index is 10.6. The summed E-state index contributed by atoms with van der Waals surface area (Å²) < 4.78 is 5.37. The zero-order valence-corrected chi connectivity index (χ0v) is 9.75. The number of carbonyl (C=O) groups is 1. The van der Waals surface area contributed by atoms with Crippen LogP contribution in [0.3, 0.4) is 0 Å². The van der Waals surface area contributed by atoms with Gasteiger partial charge in [0, 0.05) is 13.5 Å². The lowest BCUT2D eigenvalue weighted by Crippen LogP contribution is -2.19. The second kappa shape index (κ2) is 4.57. The summed E-state index contributed by atoms with van der Waals surface area (Å²) in [4.78, 5) is 14.8. The van der Waals surface area contributed by atoms with Crippen molar-refractivity contribution in [2.24, 2.45) is 0 Å². The van der Waals surface area contributed by atoms with Crippen LogP contribution >= 0.6 is 12.6 Å². The predicted molar refractivity (Wildman–Crippen MR) is 64.8 cm³/mol. The Hall–Kier alpha value is -1.49. The Bertz CT molecular complexity index is 522. The van der Waals surface area contributed by atoms with Gasteiger partial charge in [0.05, 0.1) is 0 Å². The summed E-state index contributed by atoms with van der Waals surface area (Å²) >= 11 is 3.63. The molecule has 0 unspecified atom stereocenters. The summed E-state index contributed by atoms with van der Waals surface area (Å²) in [7, 11) is 0. The molecule has 0 atom stereocenters. The maximum absolute atomic E-state index is 10.6. The van der Waals surface area contributed by atoms with Crippen LogP contribution < -0.4 is 5.32 Å². The van der Waals surface area contributed by atoms with E-state index in [-0.39, 0.29) is 5.24 Å². The molecular formula is C11H12N2O2S. The van der Waals surface area contributed by atoms with Gasteiger partial charge in [-0.3, -0.25) is 4.79 Å². The third kappa shape index (κ3) is 2.55. The molecular weight excluding hydrogens is 224 g/mol. The van der Waals surface area contributed by atoms with Crippen molar-refractivity contribution in [2.75, 3.05) is 6.54 Å². The number of aromatic nitrogens is 1. The van der Waals surface area contributed by atoms with Crippen LogP contribution in [0.1, 0.15) is 11.5 Å². The highest BCUT2D eigenvalue weighted by Gasteiger charge is 2.03. The van der Waals surface area contributed by atoms with Crippen LogP contribution in [0.5, 0.6) is 0 Å². The lowest BCUT2D eigenvalue weighted by molar-refractivity contribution is 0.261. The van der Waals surface area contributed by atoms with Crippen LogP contribution in [-0.4, -0.2) is 16.8 Å². The molecule has 1 N–H and O–H groups in total. The van der Waals surface area contributed by atoms with Crippen molar-refractivity contribution in [2.45, 2.75) is 13.3 Å². The van der Waals surface area contributed by atoms with Crippen molar-refractivity contribution in [3.05, 3.63) is 29.7 Å². The molecule has 0 aliphatic heterocycles. The molecule has 0 saturated carbocycles. The lowest BCUT2D eigenvalue weighted by Gasteiger charge is -2.01. The quantitative estimate of drug-likeness (QED) is 0.804. The van der Waals surface area contributed by atoms with Crippen molar-refractivity contribution in [1.82, 2.24) is 10.3 Å². The molecule has 0 bridgehead atoms. The van der Waals surface area contributed by atoms with Gasteiger partial charge in [0.25, 0.3) is 5.24 Å². The average Bonchev–Trinajstić information content (AvgIpc) is 2.56. The monoisotopic (exact) mass is 236 g/mol. The van der Waals surface area contributed by atoms with Gasteiger partial charge < -0.3 is 9.73 Å². The first-order valence-corrected chi connectivity index (χ1v) is 5.43. The van der Waals surface area contributed by atoms with E-state index < -0.39 is 0 Å². The lowest BCUT2D eigenvalue weighted by atomic mass is 10.1. The van der Waals surface area contributed by atoms with Crippen molar-refractivity contribution in [3.63, 3.8) is 0 Å². The fourth-order valence-electron chi connectivity index (χ4n) is 1.56. The molecule has 16 heavy (non-hydrogen) atoms. The number of carbonyl (C=O) groups excluding carboxylic acids is 1. The van der Waals surface area contributed by atoms with Gasteiger partial charge in [-0.25, -0.2) is 4.98 Å². The van der Waals surface area contributed by atoms with Gasteiger partial charge in [0.1, 0.15) is 5.52 Å². The standard InChI is InChI=1S/C11H12N2O2S/c1-7-13-9-6-8(2-3-10(9)15-7)4-5-12-11(14)16/h2-3,6H,4-5H2,1H3,(H2,12,14,16). The fraction of sp³-hybridized carbons (Fsp3) is 0.273. The summed E-state index contributed by atoms with van der Waals surface area (Å²) in [6, 6.07) is 5.83. The molecule has 0 aliphatic carbocycles. The van der Waals surface area contributed by atoms with Crippen LogP contribution in [0.25, 0.3) is 11.1 Å². The highest BCUT2D eigenvalue weighted by molar-refractivity contribution is 7.96. The number of amides is 1. The Morgan fingerprint density at radius 1 is 1.56 bits per heavy atom. The summed E-state index contributed by atoms with van der Waals surface area (Å²) in [5.74, 6) is 0.663. The molecule has 5 heteroatoms. The number of rotatable bonds is 3. The van der Waals surface area contributed by atoms with Crippen molar-refractivity contribution in [1.29, 1.82) is 0 Å². The Morgan fingerprint density at radius 3 is 3.12 bits per heavy atom. The molecule has 1 aromatic heterocycles. The molecule has 0 saturated heterocycles. The van der Waals surface area contributed by atoms with Crippen molar-refractivity contribution in [3.8, 4) is 0 Å². The van der Waals surface area contributed by atoms with E-state index in [0.717, 1.165) is 23.1 Å². The molecule has 0 fully saturated rings. The highest BCUT2D eigenvalue weighted by Crippen LogP contribution is 2.16. The van der Waals surface area contributed by atoms with Gasteiger partial charge in [0.15, 0.2) is 11.5 Å². The topological polar surface area (TPSA) is 55.1 Å². The Kier molecular flexibility index (Phi) is 3.14. The SMILES string of the molecule is Cc1nc2cc(CCNC(=O)S)ccc2o1. The second-order valence-electron chi connectivity index (χ2n) is 3.52. The first kappa shape index (κ1) is 11.0. The van der Waals surface area contributed by atoms with E-state index in [0.29, 0.717) is 12.4 Å². The van der Waals surface area contributed by atoms with Crippen LogP contribution in [0.15, 0.2) is 22.6 Å². The molecule has 1 heterocycles. The van der Waals surface area contributed by atoms with E-state index in [2.05, 4.69) is 22.9 Å². The Balaban J connectivity index is 2.10. The largest absolute Gasteiger partial charge is 0.441 e. The van der Waals surface area contributed by atoms with Gasteiger partial charge in [-0.15, -0.1) is 0 Å². The van der Waals surface area contributed by atoms with Gasteiger partial charge in [-0.05, 0) is 24.1 Å². The normalized spacial score (nSPS) is 10.6. The number of oxazole rings is 1. The van der Waals surface area contributed by atoms with Crippen LogP contribution in [-0.2, 0) is 6.42 Å². The molecule has 2 aromatic rings. The number of aryl methyl sites for hydroxylation is 1. The maximum Gasteiger partial charge on any atom is 0.275 e. The summed E-state index contributed by atoms with van der Waals surface area (Å²) in [6.07, 6.45) is 0.758. The molecule has 0 radical (unpaired) electrons. The number of nitrogens with one attached hydrogen (secondary N) is 1. The van der Waals surface area contributed by atoms with Gasteiger partial charge in [-0.1, -0.05) is 18.7 Å². The minimum atomic E-state index is -0.307. The minimum Gasteiger partial charge on any atom is -0.441 e. The fourth-order valence-corrected chi connectivity index (χ4v) is 1.67. The minimum absolute atomic E-state index is 0.307. The number of hydrogen-bond acceptors (Lipinski definition) is 3. The van der Waals surface area contributed by atoms with E-state index in [4.69, 9.17) is 4.42 Å². The van der Waals surface area contributed by atoms with E-state index >= 15 is 0 Å². The molecule has 0 aliphatic rings. The first-order chi connectivity index (χ1) is 7.65. The number of fused-ring (bicyclic) bond motifs is 1. The number of benzene rings is 1. The molecule has 1 aromatic carbocycles. The zero-order chi connectivity index (χ0) is 11.5.